The van der Waals surface area contributed by atoms with Crippen molar-refractivity contribution in [3.63, 3.8) is 0 Å². The van der Waals surface area contributed by atoms with Gasteiger partial charge in [0.25, 0.3) is 0 Å². The summed E-state index contributed by atoms with van der Waals surface area (Å²) in [5.41, 5.74) is 0. The van der Waals surface area contributed by atoms with Gasteiger partial charge >= 0.3 is 55.4 Å². The van der Waals surface area contributed by atoms with Crippen molar-refractivity contribution >= 4 is 18.4 Å². The molecule has 0 N–H and O–H groups in total. The molecule has 0 amide bonds. The molecule has 0 bridgehead atoms. The first kappa shape index (κ1) is 8.34. The molecule has 0 aromatic rings. The van der Waals surface area contributed by atoms with Gasteiger partial charge < -0.3 is 0 Å². The minimum atomic E-state index is -1.83. The summed E-state index contributed by atoms with van der Waals surface area (Å²) < 4.78 is 6.05. The van der Waals surface area contributed by atoms with Gasteiger partial charge in [-0.15, -0.1) is 0 Å². The number of rotatable bonds is 2. The molecule has 0 saturated carbocycles. The second kappa shape index (κ2) is 2.76. The van der Waals surface area contributed by atoms with Crippen LogP contribution in [0.15, 0.2) is 10.4 Å². The van der Waals surface area contributed by atoms with Crippen LogP contribution in [-0.4, -0.2) is 25.5 Å². The second-order valence-corrected chi connectivity index (χ2v) is 17.3. The van der Waals surface area contributed by atoms with Gasteiger partial charge in [0.15, 0.2) is 0 Å². The van der Waals surface area contributed by atoms with Gasteiger partial charge in [0.05, 0.1) is 0 Å². The van der Waals surface area contributed by atoms with Crippen molar-refractivity contribution in [1.29, 1.82) is 0 Å². The molecular formula is C6H14OSn. The molecule has 0 unspecified atom stereocenters. The number of hydrogen-bond donors (Lipinski definition) is 0. The Bertz CT molecular complexity index is 91.2. The van der Waals surface area contributed by atoms with Crippen molar-refractivity contribution in [2.45, 2.75) is 14.8 Å². The number of ether oxygens (including phenoxy) is 1. The van der Waals surface area contributed by atoms with E-state index in [4.69, 9.17) is 4.74 Å². The summed E-state index contributed by atoms with van der Waals surface area (Å²) in [6.45, 7) is 3.82. The Hall–Kier alpha value is 0.339. The van der Waals surface area contributed by atoms with Crippen LogP contribution in [0.5, 0.6) is 0 Å². The van der Waals surface area contributed by atoms with Crippen LogP contribution < -0.4 is 0 Å². The van der Waals surface area contributed by atoms with Gasteiger partial charge in [-0.25, -0.2) is 0 Å². The molecule has 0 radical (unpaired) electrons. The van der Waals surface area contributed by atoms with Crippen LogP contribution in [0.2, 0.25) is 14.8 Å². The van der Waals surface area contributed by atoms with E-state index in [0.29, 0.717) is 0 Å². The van der Waals surface area contributed by atoms with Crippen molar-refractivity contribution in [2.24, 2.45) is 0 Å². The molecule has 1 nitrogen and oxygen atoms in total. The third kappa shape index (κ3) is 2.60. The molecule has 0 aromatic heterocycles. The normalized spacial score (nSPS) is 11.0. The van der Waals surface area contributed by atoms with E-state index in [9.17, 15) is 0 Å². The minimum absolute atomic E-state index is 1.04. The van der Waals surface area contributed by atoms with E-state index in [0.717, 1.165) is 3.78 Å². The van der Waals surface area contributed by atoms with Gasteiger partial charge in [0.1, 0.15) is 0 Å². The van der Waals surface area contributed by atoms with E-state index in [2.05, 4.69) is 21.4 Å². The maximum atomic E-state index is 5.01. The van der Waals surface area contributed by atoms with Gasteiger partial charge in [-0.2, -0.15) is 0 Å². The molecule has 0 aliphatic heterocycles. The molecule has 0 fully saturated rings. The van der Waals surface area contributed by atoms with Crippen LogP contribution in [0.1, 0.15) is 0 Å². The van der Waals surface area contributed by atoms with Crippen molar-refractivity contribution in [3.8, 4) is 0 Å². The molecule has 0 atom stereocenters. The second-order valence-electron chi connectivity index (χ2n) is 2.88. The molecular weight excluding hydrogens is 207 g/mol. The fourth-order valence-electron chi connectivity index (χ4n) is 0.306. The monoisotopic (exact) mass is 222 g/mol. The molecule has 0 heterocycles. The predicted molar refractivity (Wildman–Crippen MR) is 39.5 cm³/mol. The van der Waals surface area contributed by atoms with E-state index in [-0.39, 0.29) is 0 Å². The van der Waals surface area contributed by atoms with Gasteiger partial charge in [0.2, 0.25) is 0 Å². The third-order valence-corrected chi connectivity index (χ3v) is 6.44. The average Bonchev–Trinajstić information content (AvgIpc) is 1.62. The third-order valence-electron chi connectivity index (χ3n) is 1.08. The van der Waals surface area contributed by atoms with Crippen molar-refractivity contribution < 1.29 is 4.74 Å². The Labute approximate surface area is 55.6 Å². The fraction of sp³-hybridized carbons (Fsp3) is 0.667. The van der Waals surface area contributed by atoms with Crippen molar-refractivity contribution in [1.82, 2.24) is 0 Å². The summed E-state index contributed by atoms with van der Waals surface area (Å²) in [5, 5.41) is 0. The zero-order chi connectivity index (χ0) is 6.78. The quantitative estimate of drug-likeness (QED) is 0.511. The van der Waals surface area contributed by atoms with E-state index in [1.807, 2.05) is 0 Å². The standard InChI is InChI=1S/C3H5O.3CH3.Sn/c1-3-4-2;;;;/h1H2,2H3;3*1H3;. The van der Waals surface area contributed by atoms with Crippen LogP contribution >= 0.6 is 0 Å². The predicted octanol–water partition coefficient (Wildman–Crippen LogP) is 2.02. The van der Waals surface area contributed by atoms with Crippen LogP contribution in [0, 0.1) is 0 Å². The molecule has 2 heteroatoms. The SMILES string of the molecule is C=[C](OC)[Sn]([CH3])([CH3])[CH3]. The summed E-state index contributed by atoms with van der Waals surface area (Å²) in [5.74, 6) is 0. The van der Waals surface area contributed by atoms with Crippen LogP contribution in [0.3, 0.4) is 0 Å². The number of methoxy groups -OCH3 is 1. The van der Waals surface area contributed by atoms with Gasteiger partial charge in [-0.1, -0.05) is 0 Å². The molecule has 0 spiro atoms. The Balaban J connectivity index is 3.82. The molecule has 0 rings (SSSR count). The summed E-state index contributed by atoms with van der Waals surface area (Å²) in [6.07, 6.45) is 0. The van der Waals surface area contributed by atoms with Crippen molar-refractivity contribution in [3.05, 3.63) is 10.4 Å². The van der Waals surface area contributed by atoms with E-state index < -0.39 is 18.4 Å². The Morgan fingerprint density at radius 1 is 1.38 bits per heavy atom. The first-order valence-electron chi connectivity index (χ1n) is 2.72. The van der Waals surface area contributed by atoms with Gasteiger partial charge in [-0.3, -0.25) is 0 Å². The molecule has 0 aliphatic rings. The molecule has 0 aliphatic carbocycles. The van der Waals surface area contributed by atoms with Crippen LogP contribution in [-0.2, 0) is 4.74 Å². The zero-order valence-corrected chi connectivity index (χ0v) is 8.97. The summed E-state index contributed by atoms with van der Waals surface area (Å²) >= 11 is -1.83. The Morgan fingerprint density at radius 3 is 1.75 bits per heavy atom. The molecule has 8 heavy (non-hydrogen) atoms. The van der Waals surface area contributed by atoms with E-state index in [1.54, 1.807) is 7.11 Å². The first-order valence-corrected chi connectivity index (χ1v) is 12.7. The van der Waals surface area contributed by atoms with Gasteiger partial charge in [0, 0.05) is 0 Å². The molecule has 0 aromatic carbocycles. The van der Waals surface area contributed by atoms with Gasteiger partial charge in [-0.05, 0) is 0 Å². The van der Waals surface area contributed by atoms with Crippen molar-refractivity contribution in [2.75, 3.05) is 7.11 Å². The topological polar surface area (TPSA) is 9.23 Å². The summed E-state index contributed by atoms with van der Waals surface area (Å²) in [6, 6.07) is 0. The zero-order valence-electron chi connectivity index (χ0n) is 6.12. The maximum absolute atomic E-state index is 5.01. The number of hydrogen-bond acceptors (Lipinski definition) is 1. The fourth-order valence-corrected chi connectivity index (χ4v) is 2.05. The van der Waals surface area contributed by atoms with E-state index in [1.165, 1.54) is 0 Å². The average molecular weight is 221 g/mol. The summed E-state index contributed by atoms with van der Waals surface area (Å²) in [7, 11) is 1.70. The van der Waals surface area contributed by atoms with Crippen LogP contribution in [0.25, 0.3) is 0 Å². The van der Waals surface area contributed by atoms with Crippen LogP contribution in [0.4, 0.5) is 0 Å². The summed E-state index contributed by atoms with van der Waals surface area (Å²) in [4.78, 5) is 6.83. The Morgan fingerprint density at radius 2 is 1.75 bits per heavy atom. The molecule has 48 valence electrons. The van der Waals surface area contributed by atoms with E-state index >= 15 is 0 Å². The molecule has 0 saturated heterocycles. The first-order chi connectivity index (χ1) is 3.48. The Kier molecular flexibility index (Phi) is 2.88.